The van der Waals surface area contributed by atoms with Gasteiger partial charge in [-0.3, -0.25) is 4.79 Å². The number of hydrogen-bond donors (Lipinski definition) is 0. The molecule has 1 rings (SSSR count). The molecule has 0 aliphatic heterocycles. The Hall–Kier alpha value is -1.37. The predicted molar refractivity (Wildman–Crippen MR) is 59.9 cm³/mol. The van der Waals surface area contributed by atoms with Crippen molar-refractivity contribution in [1.29, 1.82) is 0 Å². The number of rotatable bonds is 4. The van der Waals surface area contributed by atoms with Crippen LogP contribution in [0.15, 0.2) is 35.9 Å². The largest absolute Gasteiger partial charge is 0.298 e. The topological polar surface area (TPSA) is 17.1 Å². The van der Waals surface area contributed by atoms with Crippen molar-refractivity contribution in [2.45, 2.75) is 20.3 Å². The Morgan fingerprint density at radius 2 is 1.93 bits per heavy atom. The number of carbonyl (C=O) groups is 1. The number of aldehydes is 1. The zero-order valence-electron chi connectivity index (χ0n) is 8.73. The number of allylic oxidation sites excluding steroid dienone is 1. The van der Waals surface area contributed by atoms with E-state index in [1.807, 2.05) is 36.4 Å². The van der Waals surface area contributed by atoms with Crippen molar-refractivity contribution in [3.05, 3.63) is 41.5 Å². The van der Waals surface area contributed by atoms with Crippen molar-refractivity contribution in [3.8, 4) is 0 Å². The average Bonchev–Trinajstić information content (AvgIpc) is 2.17. The molecule has 0 aliphatic rings. The first-order valence-corrected chi connectivity index (χ1v) is 4.93. The number of benzene rings is 1. The van der Waals surface area contributed by atoms with Crippen molar-refractivity contribution in [3.63, 3.8) is 0 Å². The Kier molecular flexibility index (Phi) is 4.11. The van der Waals surface area contributed by atoms with Gasteiger partial charge in [-0.15, -0.1) is 0 Å². The molecule has 1 nitrogen and oxygen atoms in total. The van der Waals surface area contributed by atoms with Gasteiger partial charge in [-0.25, -0.2) is 0 Å². The molecule has 0 spiro atoms. The molecule has 0 aliphatic carbocycles. The maximum absolute atomic E-state index is 10.8. The van der Waals surface area contributed by atoms with E-state index in [0.717, 1.165) is 23.8 Å². The van der Waals surface area contributed by atoms with E-state index in [9.17, 15) is 4.79 Å². The van der Waals surface area contributed by atoms with Crippen LogP contribution in [0.25, 0.3) is 6.08 Å². The van der Waals surface area contributed by atoms with Crippen molar-refractivity contribution < 1.29 is 4.79 Å². The summed E-state index contributed by atoms with van der Waals surface area (Å²) in [7, 11) is 0. The first kappa shape index (κ1) is 10.7. The van der Waals surface area contributed by atoms with Crippen LogP contribution in [-0.2, 0) is 4.79 Å². The smallest absolute Gasteiger partial charge is 0.146 e. The second kappa shape index (κ2) is 5.38. The summed E-state index contributed by atoms with van der Waals surface area (Å²) in [6, 6.07) is 9.93. The summed E-state index contributed by atoms with van der Waals surface area (Å²) in [5.74, 6) is 0.523. The lowest BCUT2D eigenvalue weighted by molar-refractivity contribution is -0.105. The highest BCUT2D eigenvalue weighted by molar-refractivity contribution is 5.81. The van der Waals surface area contributed by atoms with Gasteiger partial charge < -0.3 is 0 Å². The third-order valence-corrected chi connectivity index (χ3v) is 1.95. The van der Waals surface area contributed by atoms with Crippen LogP contribution in [0.2, 0.25) is 0 Å². The molecule has 0 saturated heterocycles. The minimum Gasteiger partial charge on any atom is -0.298 e. The van der Waals surface area contributed by atoms with E-state index in [1.165, 1.54) is 0 Å². The highest BCUT2D eigenvalue weighted by Gasteiger charge is 1.99. The molecule has 1 aromatic carbocycles. The van der Waals surface area contributed by atoms with E-state index >= 15 is 0 Å². The standard InChI is InChI=1S/C13H16O/c1-11(2)8-13(10-14)9-12-6-4-3-5-7-12/h3-7,9-11H,8H2,1-2H3/b13-9+. The highest BCUT2D eigenvalue weighted by Crippen LogP contribution is 2.12. The molecule has 0 N–H and O–H groups in total. The average molecular weight is 188 g/mol. The van der Waals surface area contributed by atoms with E-state index in [0.29, 0.717) is 5.92 Å². The molecule has 0 bridgehead atoms. The Morgan fingerprint density at radius 3 is 2.43 bits per heavy atom. The van der Waals surface area contributed by atoms with Gasteiger partial charge in [0.05, 0.1) is 0 Å². The lowest BCUT2D eigenvalue weighted by Gasteiger charge is -2.03. The van der Waals surface area contributed by atoms with Gasteiger partial charge in [-0.05, 0) is 29.6 Å². The van der Waals surface area contributed by atoms with Gasteiger partial charge in [-0.2, -0.15) is 0 Å². The van der Waals surface area contributed by atoms with Crippen molar-refractivity contribution in [2.75, 3.05) is 0 Å². The lowest BCUT2D eigenvalue weighted by Crippen LogP contribution is -1.92. The molecule has 0 amide bonds. The van der Waals surface area contributed by atoms with Gasteiger partial charge in [0.2, 0.25) is 0 Å². The summed E-state index contributed by atoms with van der Waals surface area (Å²) < 4.78 is 0. The molecule has 14 heavy (non-hydrogen) atoms. The minimum atomic E-state index is 0.523. The maximum Gasteiger partial charge on any atom is 0.146 e. The van der Waals surface area contributed by atoms with E-state index in [2.05, 4.69) is 13.8 Å². The van der Waals surface area contributed by atoms with Gasteiger partial charge in [0.25, 0.3) is 0 Å². The van der Waals surface area contributed by atoms with E-state index in [4.69, 9.17) is 0 Å². The van der Waals surface area contributed by atoms with Crippen LogP contribution in [0.1, 0.15) is 25.8 Å². The summed E-state index contributed by atoms with van der Waals surface area (Å²) in [5, 5.41) is 0. The van der Waals surface area contributed by atoms with Crippen LogP contribution in [0, 0.1) is 5.92 Å². The highest BCUT2D eigenvalue weighted by atomic mass is 16.1. The molecular weight excluding hydrogens is 172 g/mol. The third-order valence-electron chi connectivity index (χ3n) is 1.95. The summed E-state index contributed by atoms with van der Waals surface area (Å²) in [4.78, 5) is 10.8. The molecule has 0 radical (unpaired) electrons. The van der Waals surface area contributed by atoms with Gasteiger partial charge in [-0.1, -0.05) is 44.2 Å². The van der Waals surface area contributed by atoms with Gasteiger partial charge in [0.15, 0.2) is 0 Å². The molecule has 0 saturated carbocycles. The molecular formula is C13H16O. The Bertz CT molecular complexity index is 309. The summed E-state index contributed by atoms with van der Waals surface area (Å²) in [6.45, 7) is 4.23. The zero-order valence-corrected chi connectivity index (χ0v) is 8.73. The summed E-state index contributed by atoms with van der Waals surface area (Å²) in [5.41, 5.74) is 1.96. The number of hydrogen-bond acceptors (Lipinski definition) is 1. The molecule has 0 heterocycles. The van der Waals surface area contributed by atoms with Gasteiger partial charge in [0.1, 0.15) is 6.29 Å². The summed E-state index contributed by atoms with van der Waals surface area (Å²) in [6.07, 6.45) is 3.75. The first-order chi connectivity index (χ1) is 6.72. The quantitative estimate of drug-likeness (QED) is 0.523. The second-order valence-corrected chi connectivity index (χ2v) is 3.85. The first-order valence-electron chi connectivity index (χ1n) is 4.93. The van der Waals surface area contributed by atoms with Crippen LogP contribution < -0.4 is 0 Å². The van der Waals surface area contributed by atoms with E-state index < -0.39 is 0 Å². The molecule has 0 atom stereocenters. The van der Waals surface area contributed by atoms with Crippen LogP contribution >= 0.6 is 0 Å². The fourth-order valence-corrected chi connectivity index (χ4v) is 1.38. The fraction of sp³-hybridized carbons (Fsp3) is 0.308. The van der Waals surface area contributed by atoms with Crippen LogP contribution in [0.3, 0.4) is 0 Å². The van der Waals surface area contributed by atoms with Crippen molar-refractivity contribution >= 4 is 12.4 Å². The molecule has 0 aromatic heterocycles. The molecule has 1 aromatic rings. The van der Waals surface area contributed by atoms with Crippen LogP contribution in [0.4, 0.5) is 0 Å². The lowest BCUT2D eigenvalue weighted by atomic mass is 10.0. The zero-order chi connectivity index (χ0) is 10.4. The number of carbonyl (C=O) groups excluding carboxylic acids is 1. The normalized spacial score (nSPS) is 11.8. The van der Waals surface area contributed by atoms with Gasteiger partial charge >= 0.3 is 0 Å². The molecule has 0 unspecified atom stereocenters. The van der Waals surface area contributed by atoms with E-state index in [-0.39, 0.29) is 0 Å². The molecule has 1 heteroatoms. The monoisotopic (exact) mass is 188 g/mol. The van der Waals surface area contributed by atoms with Crippen molar-refractivity contribution in [1.82, 2.24) is 0 Å². The summed E-state index contributed by atoms with van der Waals surface area (Å²) >= 11 is 0. The SMILES string of the molecule is CC(C)C/C(C=O)=C\c1ccccc1. The second-order valence-electron chi connectivity index (χ2n) is 3.85. The van der Waals surface area contributed by atoms with E-state index in [1.54, 1.807) is 0 Å². The fourth-order valence-electron chi connectivity index (χ4n) is 1.38. The molecule has 74 valence electrons. The molecule has 0 fully saturated rings. The Balaban J connectivity index is 2.79. The Morgan fingerprint density at radius 1 is 1.29 bits per heavy atom. The van der Waals surface area contributed by atoms with Gasteiger partial charge in [0, 0.05) is 0 Å². The van der Waals surface area contributed by atoms with Crippen LogP contribution in [-0.4, -0.2) is 6.29 Å². The predicted octanol–water partition coefficient (Wildman–Crippen LogP) is 3.32. The Labute approximate surface area is 85.5 Å². The van der Waals surface area contributed by atoms with Crippen molar-refractivity contribution in [2.24, 2.45) is 5.92 Å². The third kappa shape index (κ3) is 3.56. The maximum atomic E-state index is 10.8. The minimum absolute atomic E-state index is 0.523. The van der Waals surface area contributed by atoms with Crippen LogP contribution in [0.5, 0.6) is 0 Å².